The first-order valence-corrected chi connectivity index (χ1v) is 13.6. The molecule has 218 valence electrons. The maximum Gasteiger partial charge on any atom is 0.230 e. The van der Waals surface area contributed by atoms with Crippen LogP contribution in [0.2, 0.25) is 0 Å². The molecule has 2 saturated carbocycles. The Bertz CT molecular complexity index is 1420. The molecule has 2 fully saturated rings. The number of fused-ring (bicyclic) bond motifs is 3. The van der Waals surface area contributed by atoms with E-state index >= 15 is 0 Å². The number of phenolic OH excluding ortho intramolecular Hbond substituents is 1. The first kappa shape index (κ1) is 28.9. The molecule has 8 N–H and O–H groups in total. The molecule has 3 aliphatic carbocycles. The van der Waals surface area contributed by atoms with Gasteiger partial charge in [-0.3, -0.25) is 14.4 Å². The van der Waals surface area contributed by atoms with Crippen molar-refractivity contribution >= 4 is 23.2 Å². The van der Waals surface area contributed by atoms with Gasteiger partial charge in [0.25, 0.3) is 0 Å². The zero-order valence-corrected chi connectivity index (χ0v) is 22.8. The van der Waals surface area contributed by atoms with Gasteiger partial charge in [-0.25, -0.2) is 0 Å². The van der Waals surface area contributed by atoms with Gasteiger partial charge in [0.2, 0.25) is 11.7 Å². The molecule has 0 bridgehead atoms. The van der Waals surface area contributed by atoms with Crippen molar-refractivity contribution in [1.29, 1.82) is 0 Å². The summed E-state index contributed by atoms with van der Waals surface area (Å²) in [6.07, 6.45) is -2.46. The number of carbonyl (C=O) groups excluding carboxylic acids is 3. The summed E-state index contributed by atoms with van der Waals surface area (Å²) in [5, 5.41) is 59.9. The van der Waals surface area contributed by atoms with Crippen molar-refractivity contribution in [2.24, 2.45) is 23.5 Å². The van der Waals surface area contributed by atoms with Crippen LogP contribution in [0.3, 0.4) is 0 Å². The Kier molecular flexibility index (Phi) is 7.51. The number of benzene rings is 2. The molecular weight excluding hydrogens is 530 g/mol. The van der Waals surface area contributed by atoms with Gasteiger partial charge in [0.05, 0.1) is 17.8 Å². The van der Waals surface area contributed by atoms with Gasteiger partial charge in [-0.2, -0.15) is 0 Å². The predicted molar refractivity (Wildman–Crippen MR) is 147 cm³/mol. The first-order valence-electron chi connectivity index (χ1n) is 13.6. The number of aliphatic hydroxyl groups is 4. The van der Waals surface area contributed by atoms with Crippen molar-refractivity contribution in [1.82, 2.24) is 10.2 Å². The Morgan fingerprint density at radius 2 is 1.76 bits per heavy atom. The molecule has 0 aliphatic heterocycles. The smallest absolute Gasteiger partial charge is 0.230 e. The lowest BCUT2D eigenvalue weighted by Gasteiger charge is -2.55. The van der Waals surface area contributed by atoms with E-state index in [1.807, 2.05) is 30.3 Å². The number of phenols is 1. The van der Waals surface area contributed by atoms with Gasteiger partial charge in [-0.05, 0) is 44.6 Å². The number of nitrogens with two attached hydrogens (primary N) is 1. The summed E-state index contributed by atoms with van der Waals surface area (Å²) < 4.78 is 0. The highest BCUT2D eigenvalue weighted by atomic mass is 16.3. The standard InChI is InChI=1S/C30H35N3O8/c1-33(2)22-21-24(35)17-12-15-8-9-16(13-32-11-10-14-6-4-3-5-7-14)23(34)18(15)25(36)19(17)27(38)30(21,41)28(39)20(26(22)37)29(31)40/h3-9,17,20-22,24,26,32,34-37,41H,10-13H2,1-2H3,(H2,31,40)/t17-,20?,21-,22+,24+,26?,30+/m0/s1. The molecule has 0 spiro atoms. The Balaban J connectivity index is 1.50. The number of rotatable bonds is 7. The molecule has 0 saturated heterocycles. The Hall–Kier alpha value is -3.61. The second-order valence-corrected chi connectivity index (χ2v) is 11.4. The zero-order valence-electron chi connectivity index (χ0n) is 22.8. The van der Waals surface area contributed by atoms with Gasteiger partial charge in [0, 0.05) is 35.6 Å². The molecule has 11 nitrogen and oxygen atoms in total. The highest BCUT2D eigenvalue weighted by Crippen LogP contribution is 2.52. The van der Waals surface area contributed by atoms with Crippen molar-refractivity contribution in [2.45, 2.75) is 43.2 Å². The van der Waals surface area contributed by atoms with E-state index in [0.29, 0.717) is 17.7 Å². The number of nitrogens with zero attached hydrogens (tertiary/aromatic N) is 1. The van der Waals surface area contributed by atoms with Crippen LogP contribution in [0.15, 0.2) is 48.0 Å². The van der Waals surface area contributed by atoms with E-state index in [0.717, 1.165) is 12.0 Å². The number of hydrogen-bond donors (Lipinski definition) is 7. The second-order valence-electron chi connectivity index (χ2n) is 11.4. The van der Waals surface area contributed by atoms with E-state index in [1.165, 1.54) is 19.0 Å². The first-order chi connectivity index (χ1) is 19.4. The minimum Gasteiger partial charge on any atom is -0.507 e. The van der Waals surface area contributed by atoms with Crippen LogP contribution < -0.4 is 11.1 Å². The molecule has 0 heterocycles. The number of amides is 1. The molecule has 41 heavy (non-hydrogen) atoms. The van der Waals surface area contributed by atoms with Crippen molar-refractivity contribution in [2.75, 3.05) is 20.6 Å². The van der Waals surface area contributed by atoms with Gasteiger partial charge in [-0.15, -0.1) is 0 Å². The van der Waals surface area contributed by atoms with Crippen molar-refractivity contribution in [3.63, 3.8) is 0 Å². The topological polar surface area (TPSA) is 194 Å². The average Bonchev–Trinajstić information content (AvgIpc) is 2.92. The number of primary amides is 1. The van der Waals surface area contributed by atoms with Gasteiger partial charge in [0.15, 0.2) is 11.4 Å². The molecule has 0 aromatic heterocycles. The summed E-state index contributed by atoms with van der Waals surface area (Å²) >= 11 is 0. The molecule has 11 heteroatoms. The number of nitrogens with one attached hydrogen (secondary N) is 1. The lowest BCUT2D eigenvalue weighted by molar-refractivity contribution is -0.198. The second kappa shape index (κ2) is 10.7. The fraction of sp³-hybridized carbons (Fsp3) is 0.433. The van der Waals surface area contributed by atoms with Crippen molar-refractivity contribution in [3.05, 3.63) is 70.3 Å². The van der Waals surface area contributed by atoms with Crippen LogP contribution in [0.1, 0.15) is 22.3 Å². The Morgan fingerprint density at radius 1 is 1.07 bits per heavy atom. The maximum atomic E-state index is 13.9. The molecule has 2 aromatic carbocycles. The number of aliphatic hydroxyl groups excluding tert-OH is 3. The third-order valence-corrected chi connectivity index (χ3v) is 8.87. The van der Waals surface area contributed by atoms with E-state index in [9.17, 15) is 39.9 Å². The lowest BCUT2D eigenvalue weighted by atomic mass is 9.53. The zero-order chi connectivity index (χ0) is 29.8. The highest BCUT2D eigenvalue weighted by Gasteiger charge is 2.70. The van der Waals surface area contributed by atoms with Gasteiger partial charge in [0.1, 0.15) is 17.4 Å². The van der Waals surface area contributed by atoms with Crippen LogP contribution in [-0.4, -0.2) is 92.4 Å². The van der Waals surface area contributed by atoms with Crippen LogP contribution >= 0.6 is 0 Å². The number of likely N-dealkylation sites (N-methyl/N-ethyl adjacent to an activating group) is 1. The molecule has 2 aromatic rings. The normalized spacial score (nSPS) is 31.1. The molecule has 3 aliphatic rings. The fourth-order valence-electron chi connectivity index (χ4n) is 6.88. The minimum atomic E-state index is -2.93. The van der Waals surface area contributed by atoms with Gasteiger partial charge < -0.3 is 41.5 Å². The molecule has 7 atom stereocenters. The summed E-state index contributed by atoms with van der Waals surface area (Å²) in [5.41, 5.74) is 4.11. The largest absolute Gasteiger partial charge is 0.507 e. The lowest BCUT2D eigenvalue weighted by Crippen LogP contribution is -2.76. The molecular formula is C30H35N3O8. The van der Waals surface area contributed by atoms with Crippen LogP contribution in [-0.2, 0) is 33.8 Å². The number of ketones is 2. The van der Waals surface area contributed by atoms with E-state index in [-0.39, 0.29) is 24.3 Å². The van der Waals surface area contributed by atoms with Crippen LogP contribution in [0.5, 0.6) is 5.75 Å². The maximum absolute atomic E-state index is 13.9. The predicted octanol–water partition coefficient (Wildman–Crippen LogP) is -0.568. The molecule has 1 amide bonds. The van der Waals surface area contributed by atoms with Gasteiger partial charge in [-0.1, -0.05) is 42.5 Å². The SMILES string of the molecule is CN(C)[C@H]1C(O)C(C(N)=O)C(=O)[C@]2(O)C(=O)C3=C(O)c4c(ccc(CNCCc5ccccc5)c4O)C[C@@H]3[C@@H](O)[C@H]12. The Morgan fingerprint density at radius 3 is 2.39 bits per heavy atom. The van der Waals surface area contributed by atoms with E-state index in [4.69, 9.17) is 5.73 Å². The summed E-state index contributed by atoms with van der Waals surface area (Å²) in [6.45, 7) is 0.887. The van der Waals surface area contributed by atoms with Crippen LogP contribution in [0.25, 0.3) is 5.76 Å². The van der Waals surface area contributed by atoms with Crippen molar-refractivity contribution < 1.29 is 39.9 Å². The molecule has 2 unspecified atom stereocenters. The number of aromatic hydroxyl groups is 1. The highest BCUT2D eigenvalue weighted by molar-refractivity contribution is 6.25. The Labute approximate surface area is 236 Å². The average molecular weight is 566 g/mol. The summed E-state index contributed by atoms with van der Waals surface area (Å²) in [5.74, 6) is -9.09. The minimum absolute atomic E-state index is 0.0138. The van der Waals surface area contributed by atoms with Crippen LogP contribution in [0, 0.1) is 17.8 Å². The number of Topliss-reactive ketones (excluding diaryl/α,β-unsaturated/α-hetero) is 2. The number of carbonyl (C=O) groups is 3. The van der Waals surface area contributed by atoms with E-state index < -0.39 is 70.4 Å². The summed E-state index contributed by atoms with van der Waals surface area (Å²) in [4.78, 5) is 41.0. The fourth-order valence-corrected chi connectivity index (χ4v) is 6.88. The number of hydrogen-bond acceptors (Lipinski definition) is 10. The van der Waals surface area contributed by atoms with Gasteiger partial charge >= 0.3 is 0 Å². The van der Waals surface area contributed by atoms with Crippen LogP contribution in [0.4, 0.5) is 0 Å². The van der Waals surface area contributed by atoms with E-state index in [1.54, 1.807) is 12.1 Å². The van der Waals surface area contributed by atoms with E-state index in [2.05, 4.69) is 5.32 Å². The quantitative estimate of drug-likeness (QED) is 0.169. The third kappa shape index (κ3) is 4.45. The van der Waals surface area contributed by atoms with Crippen molar-refractivity contribution in [3.8, 4) is 5.75 Å². The summed E-state index contributed by atoms with van der Waals surface area (Å²) in [7, 11) is 3.04. The molecule has 0 radical (unpaired) electrons. The summed E-state index contributed by atoms with van der Waals surface area (Å²) in [6, 6.07) is 12.1. The third-order valence-electron chi connectivity index (χ3n) is 8.87. The monoisotopic (exact) mass is 565 g/mol. The molecule has 5 rings (SSSR count).